The Bertz CT molecular complexity index is 471. The Labute approximate surface area is 128 Å². The van der Waals surface area contributed by atoms with Gasteiger partial charge in [0.15, 0.2) is 11.5 Å². The number of piperidine rings is 1. The van der Waals surface area contributed by atoms with E-state index < -0.39 is 0 Å². The van der Waals surface area contributed by atoms with Crippen molar-refractivity contribution in [2.75, 3.05) is 20.2 Å². The summed E-state index contributed by atoms with van der Waals surface area (Å²) in [5.74, 6) is 1.58. The summed E-state index contributed by atoms with van der Waals surface area (Å²) in [5, 5.41) is 9.71. The summed E-state index contributed by atoms with van der Waals surface area (Å²) < 4.78 is 5.22. The molecule has 3 nitrogen and oxygen atoms in total. The predicted octanol–water partition coefficient (Wildman–Crippen LogP) is 4.22. The van der Waals surface area contributed by atoms with E-state index in [1.165, 1.54) is 18.4 Å². The highest BCUT2D eigenvalue weighted by Crippen LogP contribution is 2.37. The number of methoxy groups -OCH3 is 1. The van der Waals surface area contributed by atoms with Gasteiger partial charge in [-0.25, -0.2) is 0 Å². The lowest BCUT2D eigenvalue weighted by Gasteiger charge is -2.41. The predicted molar refractivity (Wildman–Crippen MR) is 86.8 cm³/mol. The summed E-state index contributed by atoms with van der Waals surface area (Å²) >= 11 is 0. The van der Waals surface area contributed by atoms with E-state index in [9.17, 15) is 5.11 Å². The monoisotopic (exact) mass is 291 g/mol. The van der Waals surface area contributed by atoms with E-state index in [2.05, 4.69) is 32.6 Å². The fourth-order valence-corrected chi connectivity index (χ4v) is 3.32. The molecule has 1 aromatic carbocycles. The molecule has 1 fully saturated rings. The van der Waals surface area contributed by atoms with Gasteiger partial charge in [0.2, 0.25) is 0 Å². The van der Waals surface area contributed by atoms with Crippen molar-refractivity contribution in [3.8, 4) is 11.5 Å². The maximum absolute atomic E-state index is 9.71. The quantitative estimate of drug-likeness (QED) is 0.905. The fourth-order valence-electron chi connectivity index (χ4n) is 3.32. The molecule has 1 aromatic rings. The van der Waals surface area contributed by atoms with Gasteiger partial charge in [0, 0.05) is 6.04 Å². The summed E-state index contributed by atoms with van der Waals surface area (Å²) in [5.41, 5.74) is 1.62. The highest BCUT2D eigenvalue weighted by atomic mass is 16.5. The van der Waals surface area contributed by atoms with Crippen LogP contribution in [0.3, 0.4) is 0 Å². The van der Waals surface area contributed by atoms with E-state index >= 15 is 0 Å². The second kappa shape index (κ2) is 6.27. The van der Waals surface area contributed by atoms with E-state index in [1.807, 2.05) is 12.1 Å². The first-order chi connectivity index (χ1) is 9.82. The number of ether oxygens (including phenoxy) is 1. The van der Waals surface area contributed by atoms with Crippen molar-refractivity contribution in [1.29, 1.82) is 0 Å². The average Bonchev–Trinajstić information content (AvgIpc) is 2.46. The minimum absolute atomic E-state index is 0.208. The van der Waals surface area contributed by atoms with Crippen LogP contribution in [0.1, 0.15) is 52.1 Å². The Kier molecular flexibility index (Phi) is 4.82. The van der Waals surface area contributed by atoms with Gasteiger partial charge in [-0.2, -0.15) is 0 Å². The standard InChI is InChI=1S/C18H29NO2/c1-13(14-6-7-16(20)17(12-14)21-5)19-10-8-15(9-11-19)18(2,3)4/h6-7,12-13,15,20H,8-11H2,1-5H3. The fraction of sp³-hybridized carbons (Fsp3) is 0.667. The third-order valence-corrected chi connectivity index (χ3v) is 4.99. The number of rotatable bonds is 3. The number of likely N-dealkylation sites (tertiary alicyclic amines) is 1. The van der Waals surface area contributed by atoms with Crippen molar-refractivity contribution in [2.45, 2.75) is 46.6 Å². The van der Waals surface area contributed by atoms with Crippen molar-refractivity contribution in [3.63, 3.8) is 0 Å². The first kappa shape index (κ1) is 16.2. The molecule has 1 N–H and O–H groups in total. The molecule has 118 valence electrons. The van der Waals surface area contributed by atoms with Gasteiger partial charge in [-0.15, -0.1) is 0 Å². The average molecular weight is 291 g/mol. The number of aromatic hydroxyl groups is 1. The Balaban J connectivity index is 2.03. The summed E-state index contributed by atoms with van der Waals surface area (Å²) in [6.07, 6.45) is 2.53. The van der Waals surface area contributed by atoms with Crippen LogP contribution in [0.25, 0.3) is 0 Å². The Morgan fingerprint density at radius 1 is 1.24 bits per heavy atom. The van der Waals surface area contributed by atoms with Gasteiger partial charge in [-0.05, 0) is 61.9 Å². The molecule has 0 saturated carbocycles. The minimum Gasteiger partial charge on any atom is -0.504 e. The molecule has 0 spiro atoms. The maximum Gasteiger partial charge on any atom is 0.160 e. The molecule has 0 amide bonds. The lowest BCUT2D eigenvalue weighted by molar-refractivity contribution is 0.0877. The van der Waals surface area contributed by atoms with Gasteiger partial charge < -0.3 is 9.84 Å². The highest BCUT2D eigenvalue weighted by Gasteiger charge is 2.30. The molecule has 1 aliphatic heterocycles. The van der Waals surface area contributed by atoms with E-state index in [-0.39, 0.29) is 5.75 Å². The van der Waals surface area contributed by atoms with Gasteiger partial charge >= 0.3 is 0 Å². The van der Waals surface area contributed by atoms with Crippen molar-refractivity contribution < 1.29 is 9.84 Å². The Morgan fingerprint density at radius 3 is 2.38 bits per heavy atom. The zero-order valence-corrected chi connectivity index (χ0v) is 14.0. The van der Waals surface area contributed by atoms with Crippen molar-refractivity contribution in [3.05, 3.63) is 23.8 Å². The van der Waals surface area contributed by atoms with E-state index in [0.29, 0.717) is 17.2 Å². The third-order valence-electron chi connectivity index (χ3n) is 4.99. The summed E-state index contributed by atoms with van der Waals surface area (Å²) in [4.78, 5) is 2.54. The molecule has 0 aromatic heterocycles. The molecule has 21 heavy (non-hydrogen) atoms. The number of benzene rings is 1. The molecule has 0 bridgehead atoms. The van der Waals surface area contributed by atoms with Gasteiger partial charge in [-0.1, -0.05) is 26.8 Å². The van der Waals surface area contributed by atoms with Crippen LogP contribution < -0.4 is 4.74 Å². The van der Waals surface area contributed by atoms with Gasteiger partial charge in [0.05, 0.1) is 7.11 Å². The molecule has 1 aliphatic rings. The molecule has 2 rings (SSSR count). The van der Waals surface area contributed by atoms with E-state index in [1.54, 1.807) is 13.2 Å². The molecule has 0 radical (unpaired) electrons. The maximum atomic E-state index is 9.71. The van der Waals surface area contributed by atoms with Crippen molar-refractivity contribution in [1.82, 2.24) is 4.90 Å². The zero-order chi connectivity index (χ0) is 15.6. The van der Waals surface area contributed by atoms with Gasteiger partial charge in [0.1, 0.15) is 0 Å². The van der Waals surface area contributed by atoms with Crippen LogP contribution in [0.2, 0.25) is 0 Å². The van der Waals surface area contributed by atoms with Crippen LogP contribution in [0.5, 0.6) is 11.5 Å². The topological polar surface area (TPSA) is 32.7 Å². The number of hydrogen-bond donors (Lipinski definition) is 1. The molecule has 1 heterocycles. The van der Waals surface area contributed by atoms with Crippen LogP contribution in [-0.2, 0) is 0 Å². The first-order valence-electron chi connectivity index (χ1n) is 7.94. The van der Waals surface area contributed by atoms with Gasteiger partial charge in [0.25, 0.3) is 0 Å². The number of nitrogens with zero attached hydrogens (tertiary/aromatic N) is 1. The van der Waals surface area contributed by atoms with Crippen LogP contribution in [0, 0.1) is 11.3 Å². The van der Waals surface area contributed by atoms with Gasteiger partial charge in [-0.3, -0.25) is 4.90 Å². The van der Waals surface area contributed by atoms with Crippen LogP contribution >= 0.6 is 0 Å². The van der Waals surface area contributed by atoms with Crippen LogP contribution in [0.4, 0.5) is 0 Å². The molecular formula is C18H29NO2. The second-order valence-corrected chi connectivity index (χ2v) is 7.28. The Morgan fingerprint density at radius 2 is 1.86 bits per heavy atom. The van der Waals surface area contributed by atoms with Crippen molar-refractivity contribution in [2.24, 2.45) is 11.3 Å². The highest BCUT2D eigenvalue weighted by molar-refractivity contribution is 5.42. The largest absolute Gasteiger partial charge is 0.504 e. The lowest BCUT2D eigenvalue weighted by Crippen LogP contribution is -2.39. The first-order valence-corrected chi connectivity index (χ1v) is 7.94. The van der Waals surface area contributed by atoms with Crippen LogP contribution in [0.15, 0.2) is 18.2 Å². The molecule has 0 aliphatic carbocycles. The molecule has 1 unspecified atom stereocenters. The summed E-state index contributed by atoms with van der Waals surface area (Å²) in [6.45, 7) is 11.6. The number of phenolic OH excluding ortho intramolecular Hbond substituents is 1. The third kappa shape index (κ3) is 3.70. The number of phenols is 1. The molecular weight excluding hydrogens is 262 g/mol. The molecule has 1 saturated heterocycles. The SMILES string of the molecule is COc1cc(C(C)N2CCC(C(C)(C)C)CC2)ccc1O. The Hall–Kier alpha value is -1.22. The smallest absolute Gasteiger partial charge is 0.160 e. The summed E-state index contributed by atoms with van der Waals surface area (Å²) in [7, 11) is 1.60. The molecule has 1 atom stereocenters. The van der Waals surface area contributed by atoms with Crippen LogP contribution in [-0.4, -0.2) is 30.2 Å². The second-order valence-electron chi connectivity index (χ2n) is 7.28. The van der Waals surface area contributed by atoms with E-state index in [0.717, 1.165) is 19.0 Å². The van der Waals surface area contributed by atoms with E-state index in [4.69, 9.17) is 4.74 Å². The summed E-state index contributed by atoms with van der Waals surface area (Å²) in [6, 6.07) is 6.04. The zero-order valence-electron chi connectivity index (χ0n) is 14.0. The number of hydrogen-bond acceptors (Lipinski definition) is 3. The normalized spacial score (nSPS) is 19.5. The lowest BCUT2D eigenvalue weighted by atomic mass is 9.75. The molecule has 3 heteroatoms. The minimum atomic E-state index is 0.208. The van der Waals surface area contributed by atoms with Crippen molar-refractivity contribution >= 4 is 0 Å².